The first kappa shape index (κ1) is 14.2. The lowest BCUT2D eigenvalue weighted by atomic mass is 10.0. The van der Waals surface area contributed by atoms with Crippen molar-refractivity contribution < 1.29 is 14.5 Å². The lowest BCUT2D eigenvalue weighted by Gasteiger charge is -2.04. The first-order chi connectivity index (χ1) is 9.63. The summed E-state index contributed by atoms with van der Waals surface area (Å²) in [4.78, 5) is 22.3. The number of hydrogen-bond donors (Lipinski definition) is 0. The van der Waals surface area contributed by atoms with Gasteiger partial charge in [0.15, 0.2) is 0 Å². The summed E-state index contributed by atoms with van der Waals surface area (Å²) in [5.41, 5.74) is 1.87. The van der Waals surface area contributed by atoms with Crippen molar-refractivity contribution in [1.82, 2.24) is 0 Å². The van der Waals surface area contributed by atoms with Crippen LogP contribution in [0.4, 0.5) is 5.00 Å². The summed E-state index contributed by atoms with van der Waals surface area (Å²) in [6.45, 7) is 2.03. The molecule has 5 nitrogen and oxygen atoms in total. The van der Waals surface area contributed by atoms with E-state index >= 15 is 0 Å². The summed E-state index contributed by atoms with van der Waals surface area (Å²) in [5, 5.41) is 12.8. The van der Waals surface area contributed by atoms with Crippen molar-refractivity contribution in [2.75, 3.05) is 6.61 Å². The Morgan fingerprint density at radius 3 is 2.65 bits per heavy atom. The Bertz CT molecular complexity index is 621. The third-order valence-corrected chi connectivity index (χ3v) is 3.70. The van der Waals surface area contributed by atoms with Gasteiger partial charge in [0.25, 0.3) is 0 Å². The first-order valence-electron chi connectivity index (χ1n) is 6.09. The summed E-state index contributed by atoms with van der Waals surface area (Å²) in [6.07, 6.45) is 0.0441. The minimum Gasteiger partial charge on any atom is -0.466 e. The van der Waals surface area contributed by atoms with Crippen molar-refractivity contribution in [3.8, 4) is 11.1 Å². The van der Waals surface area contributed by atoms with Gasteiger partial charge < -0.3 is 4.74 Å². The molecule has 0 amide bonds. The Kier molecular flexibility index (Phi) is 4.47. The second-order valence-corrected chi connectivity index (χ2v) is 4.90. The van der Waals surface area contributed by atoms with E-state index < -0.39 is 4.92 Å². The molecule has 0 unspecified atom stereocenters. The molecule has 1 aromatic carbocycles. The number of benzene rings is 1. The van der Waals surface area contributed by atoms with Gasteiger partial charge in [-0.1, -0.05) is 41.7 Å². The van der Waals surface area contributed by atoms with Crippen LogP contribution in [0.5, 0.6) is 0 Å². The van der Waals surface area contributed by atoms with Crippen LogP contribution in [0.25, 0.3) is 11.1 Å². The second kappa shape index (κ2) is 6.29. The Balaban J connectivity index is 2.43. The molecule has 0 fully saturated rings. The lowest BCUT2D eigenvalue weighted by molar-refractivity contribution is -0.379. The second-order valence-electron chi connectivity index (χ2n) is 4.05. The normalized spacial score (nSPS) is 10.2. The highest BCUT2D eigenvalue weighted by atomic mass is 32.1. The van der Waals surface area contributed by atoms with Crippen molar-refractivity contribution in [2.45, 2.75) is 13.3 Å². The van der Waals surface area contributed by atoms with Crippen LogP contribution in [0.1, 0.15) is 12.5 Å². The molecule has 0 radical (unpaired) electrons. The highest BCUT2D eigenvalue weighted by Crippen LogP contribution is 2.39. The summed E-state index contributed by atoms with van der Waals surface area (Å²) in [7, 11) is 0. The molecular weight excluding hydrogens is 278 g/mol. The number of carbonyl (C=O) groups is 1. The van der Waals surface area contributed by atoms with Gasteiger partial charge in [-0.2, -0.15) is 0 Å². The van der Waals surface area contributed by atoms with E-state index in [0.29, 0.717) is 17.7 Å². The van der Waals surface area contributed by atoms with Gasteiger partial charge in [-0.15, -0.1) is 0 Å². The average molecular weight is 291 g/mol. The van der Waals surface area contributed by atoms with E-state index in [9.17, 15) is 14.9 Å². The van der Waals surface area contributed by atoms with Gasteiger partial charge in [0.05, 0.1) is 23.5 Å². The fraction of sp³-hybridized carbons (Fsp3) is 0.214. The molecule has 1 heterocycles. The maximum atomic E-state index is 11.6. The predicted molar refractivity (Wildman–Crippen MR) is 76.7 cm³/mol. The number of thiophene rings is 1. The van der Waals surface area contributed by atoms with Crippen LogP contribution in [-0.2, 0) is 16.0 Å². The minimum absolute atomic E-state index is 0.0441. The molecule has 0 N–H and O–H groups in total. The van der Waals surface area contributed by atoms with Crippen LogP contribution in [0.15, 0.2) is 35.7 Å². The van der Waals surface area contributed by atoms with Crippen LogP contribution in [-0.4, -0.2) is 17.5 Å². The van der Waals surface area contributed by atoms with E-state index in [-0.39, 0.29) is 17.4 Å². The molecule has 2 aromatic rings. The number of ether oxygens (including phenoxy) is 1. The molecule has 0 aliphatic heterocycles. The van der Waals surface area contributed by atoms with Gasteiger partial charge in [0, 0.05) is 5.38 Å². The van der Waals surface area contributed by atoms with Gasteiger partial charge in [-0.3, -0.25) is 14.9 Å². The van der Waals surface area contributed by atoms with Crippen LogP contribution in [0.3, 0.4) is 0 Å². The molecule has 0 spiro atoms. The van der Waals surface area contributed by atoms with E-state index in [1.807, 2.05) is 18.2 Å². The zero-order chi connectivity index (χ0) is 14.5. The van der Waals surface area contributed by atoms with Crippen molar-refractivity contribution in [3.63, 3.8) is 0 Å². The van der Waals surface area contributed by atoms with Crippen LogP contribution in [0.2, 0.25) is 0 Å². The standard InChI is InChI=1S/C14H13NO4S/c1-2-19-12(16)8-11-9-20-14(15(17)18)13(11)10-6-4-3-5-7-10/h3-7,9H,2,8H2,1H3. The number of nitro groups is 1. The van der Waals surface area contributed by atoms with E-state index in [2.05, 4.69) is 0 Å². The van der Waals surface area contributed by atoms with Crippen LogP contribution in [0, 0.1) is 10.1 Å². The molecule has 0 aliphatic carbocycles. The number of carbonyl (C=O) groups excluding carboxylic acids is 1. The molecule has 0 saturated carbocycles. The molecule has 0 bridgehead atoms. The molecule has 6 heteroatoms. The number of rotatable bonds is 5. The summed E-state index contributed by atoms with van der Waals surface area (Å²) in [5.74, 6) is -0.377. The fourth-order valence-electron chi connectivity index (χ4n) is 1.93. The fourth-order valence-corrected chi connectivity index (χ4v) is 2.84. The SMILES string of the molecule is CCOC(=O)Cc1csc([N+](=O)[O-])c1-c1ccccc1. The van der Waals surface area contributed by atoms with E-state index in [4.69, 9.17) is 4.74 Å². The first-order valence-corrected chi connectivity index (χ1v) is 6.97. The molecule has 1 aromatic heterocycles. The summed E-state index contributed by atoms with van der Waals surface area (Å²) in [6, 6.07) is 9.05. The number of esters is 1. The summed E-state index contributed by atoms with van der Waals surface area (Å²) < 4.78 is 4.90. The largest absolute Gasteiger partial charge is 0.466 e. The highest BCUT2D eigenvalue weighted by Gasteiger charge is 2.23. The van der Waals surface area contributed by atoms with Gasteiger partial charge in [0.1, 0.15) is 0 Å². The third kappa shape index (κ3) is 3.03. The topological polar surface area (TPSA) is 69.4 Å². The van der Waals surface area contributed by atoms with Gasteiger partial charge in [0.2, 0.25) is 0 Å². The maximum absolute atomic E-state index is 11.6. The molecule has 2 rings (SSSR count). The van der Waals surface area contributed by atoms with Crippen LogP contribution >= 0.6 is 11.3 Å². The van der Waals surface area contributed by atoms with E-state index in [0.717, 1.165) is 16.9 Å². The van der Waals surface area contributed by atoms with Gasteiger partial charge in [-0.25, -0.2) is 0 Å². The van der Waals surface area contributed by atoms with Crippen LogP contribution < -0.4 is 0 Å². The van der Waals surface area contributed by atoms with Crippen molar-refractivity contribution in [2.24, 2.45) is 0 Å². The quantitative estimate of drug-likeness (QED) is 0.481. The number of hydrogen-bond acceptors (Lipinski definition) is 5. The molecule has 0 atom stereocenters. The highest BCUT2D eigenvalue weighted by molar-refractivity contribution is 7.14. The van der Waals surface area contributed by atoms with E-state index in [1.165, 1.54) is 0 Å². The predicted octanol–water partition coefficient (Wildman–Crippen LogP) is 3.43. The Hall–Kier alpha value is -2.21. The Morgan fingerprint density at radius 2 is 2.05 bits per heavy atom. The van der Waals surface area contributed by atoms with Crippen molar-refractivity contribution >= 4 is 22.3 Å². The lowest BCUT2D eigenvalue weighted by Crippen LogP contribution is -2.07. The molecule has 104 valence electrons. The smallest absolute Gasteiger partial charge is 0.332 e. The molecule has 0 aliphatic rings. The zero-order valence-electron chi connectivity index (χ0n) is 10.9. The van der Waals surface area contributed by atoms with E-state index in [1.54, 1.807) is 24.4 Å². The average Bonchev–Trinajstić information content (AvgIpc) is 2.83. The van der Waals surface area contributed by atoms with Gasteiger partial charge in [-0.05, 0) is 18.1 Å². The molecular formula is C14H13NO4S. The van der Waals surface area contributed by atoms with Gasteiger partial charge >= 0.3 is 11.0 Å². The zero-order valence-corrected chi connectivity index (χ0v) is 11.7. The Morgan fingerprint density at radius 1 is 1.35 bits per heavy atom. The maximum Gasteiger partial charge on any atom is 0.332 e. The minimum atomic E-state index is -0.415. The monoisotopic (exact) mass is 291 g/mol. The summed E-state index contributed by atoms with van der Waals surface area (Å²) >= 11 is 1.03. The van der Waals surface area contributed by atoms with Crippen molar-refractivity contribution in [1.29, 1.82) is 0 Å². The molecule has 0 saturated heterocycles. The van der Waals surface area contributed by atoms with Crippen molar-refractivity contribution in [3.05, 3.63) is 51.4 Å². The molecule has 20 heavy (non-hydrogen) atoms. The Labute approximate surface area is 120 Å². The third-order valence-electron chi connectivity index (χ3n) is 2.72. The number of nitrogens with zero attached hydrogens (tertiary/aromatic N) is 1.